The van der Waals surface area contributed by atoms with Crippen molar-refractivity contribution in [3.63, 3.8) is 0 Å². The predicted molar refractivity (Wildman–Crippen MR) is 518 cm³/mol. The Morgan fingerprint density at radius 2 is 0.431 bits per heavy atom. The molecular weight excluding hydrogens is 1580 g/mol. The first kappa shape index (κ1) is 118. The first-order chi connectivity index (χ1) is 60.2. The van der Waals surface area contributed by atoms with Crippen molar-refractivity contribution < 1.29 is 75.8 Å². The molecule has 0 rings (SSSR count). The number of aliphatic hydroxyl groups excluding tert-OH is 2. The fourth-order valence-electron chi connectivity index (χ4n) is 13.2. The van der Waals surface area contributed by atoms with Crippen LogP contribution in [-0.4, -0.2) is 95.9 Å². The smallest absolute Gasteiger partial charge is 0.463 e. The van der Waals surface area contributed by atoms with E-state index in [0.717, 1.165) is 173 Å². The van der Waals surface area contributed by atoms with Gasteiger partial charge in [0.15, 0.2) is 6.10 Å². The third-order valence-electron chi connectivity index (χ3n) is 20.6. The molecule has 0 aromatic rings. The number of hydrogen-bond acceptors (Lipinski definition) is 14. The van der Waals surface area contributed by atoms with E-state index in [9.17, 15) is 43.5 Å². The van der Waals surface area contributed by atoms with Crippen LogP contribution in [0.1, 0.15) is 406 Å². The van der Waals surface area contributed by atoms with Gasteiger partial charge < -0.3 is 34.2 Å². The highest BCUT2D eigenvalue weighted by atomic mass is 31.2. The van der Waals surface area contributed by atoms with E-state index in [0.29, 0.717) is 19.3 Å². The molecule has 0 amide bonds. The monoisotopic (exact) mass is 1760 g/mol. The summed E-state index contributed by atoms with van der Waals surface area (Å²) in [6.07, 6.45) is 127. The highest BCUT2D eigenvalue weighted by molar-refractivity contribution is 7.47. The van der Waals surface area contributed by atoms with Crippen molar-refractivity contribution >= 4 is 33.6 Å². The van der Waals surface area contributed by atoms with Crippen LogP contribution in [-0.2, 0) is 55.8 Å². The summed E-state index contributed by atoms with van der Waals surface area (Å²) in [5, 5.41) is 20.8. The molecule has 0 saturated carbocycles. The van der Waals surface area contributed by atoms with Gasteiger partial charge in [0.2, 0.25) is 0 Å². The third-order valence-corrected chi connectivity index (χ3v) is 22.5. The van der Waals surface area contributed by atoms with Crippen molar-refractivity contribution in [2.45, 2.75) is 424 Å². The molecule has 18 heteroatoms. The minimum atomic E-state index is -4.95. The highest BCUT2D eigenvalue weighted by Gasteiger charge is 2.30. The zero-order valence-electron chi connectivity index (χ0n) is 77.8. The molecule has 0 saturated heterocycles. The Bertz CT molecular complexity index is 2970. The molecule has 0 aromatic carbocycles. The van der Waals surface area contributed by atoms with Gasteiger partial charge in [0, 0.05) is 19.3 Å². The lowest BCUT2D eigenvalue weighted by atomic mass is 10.0. The summed E-state index contributed by atoms with van der Waals surface area (Å²) >= 11 is 0. The van der Waals surface area contributed by atoms with Gasteiger partial charge in [0.1, 0.15) is 25.4 Å². The summed E-state index contributed by atoms with van der Waals surface area (Å²) in [5.41, 5.74) is 0. The van der Waals surface area contributed by atoms with Crippen molar-refractivity contribution in [2.75, 3.05) is 39.6 Å². The molecule has 0 aliphatic heterocycles. The SMILES string of the molecule is CC/C=C\C/C=C\C/C=C\C/C=C\C/C=C\C/C=C\CCCCCCCCCCCCCCCCC(=O)OCC(O)COP(=O)(O)OCC(O)COP(=O)(O)OCC(COC(=O)CCCCCCCCCCCCCCCCCCC/C=C\C/C=C\C/C=C\C/C=C\C/C=C\CC)OC(=O)CCCCCCC/C=C\C/C=C\C/C=C\C/C=C\CCCCC. The summed E-state index contributed by atoms with van der Waals surface area (Å²) in [5.74, 6) is -1.59. The molecule has 0 heterocycles. The molecule has 4 N–H and O–H groups in total. The second-order valence-electron chi connectivity index (χ2n) is 32.5. The first-order valence-electron chi connectivity index (χ1n) is 49.1. The van der Waals surface area contributed by atoms with Crippen LogP contribution in [0.25, 0.3) is 0 Å². The molecule has 0 spiro atoms. The largest absolute Gasteiger partial charge is 0.472 e. The molecule has 0 aliphatic rings. The zero-order valence-corrected chi connectivity index (χ0v) is 79.6. The van der Waals surface area contributed by atoms with E-state index in [1.54, 1.807) is 0 Å². The molecule has 0 aliphatic carbocycles. The van der Waals surface area contributed by atoms with Crippen molar-refractivity contribution in [1.29, 1.82) is 0 Å². The number of carbonyl (C=O) groups is 3. The Labute approximate surface area is 751 Å². The van der Waals surface area contributed by atoms with Crippen LogP contribution in [0.3, 0.4) is 0 Å². The van der Waals surface area contributed by atoms with Crippen LogP contribution in [0.15, 0.2) is 182 Å². The van der Waals surface area contributed by atoms with Crippen LogP contribution in [0.4, 0.5) is 0 Å². The fourth-order valence-corrected chi connectivity index (χ4v) is 14.8. The van der Waals surface area contributed by atoms with Crippen molar-refractivity contribution in [1.82, 2.24) is 0 Å². The number of hydrogen-bond donors (Lipinski definition) is 4. The van der Waals surface area contributed by atoms with Gasteiger partial charge in [0.25, 0.3) is 0 Å². The van der Waals surface area contributed by atoms with Crippen LogP contribution in [0.5, 0.6) is 0 Å². The third kappa shape index (κ3) is 97.1. The molecule has 0 aromatic heterocycles. The maximum absolute atomic E-state index is 13.1. The number of allylic oxidation sites excluding steroid dienone is 30. The molecule has 0 radical (unpaired) electrons. The second kappa shape index (κ2) is 95.7. The lowest BCUT2D eigenvalue weighted by molar-refractivity contribution is -0.161. The van der Waals surface area contributed by atoms with E-state index < -0.39 is 91.5 Å². The molecule has 123 heavy (non-hydrogen) atoms. The van der Waals surface area contributed by atoms with E-state index in [1.165, 1.54) is 173 Å². The van der Waals surface area contributed by atoms with Gasteiger partial charge in [-0.25, -0.2) is 9.13 Å². The fraction of sp³-hybridized carbons (Fsp3) is 0.686. The summed E-state index contributed by atoms with van der Waals surface area (Å²) in [6.45, 7) is 2.46. The van der Waals surface area contributed by atoms with Crippen LogP contribution < -0.4 is 0 Å². The second-order valence-corrected chi connectivity index (χ2v) is 35.4. The van der Waals surface area contributed by atoms with Gasteiger partial charge in [-0.2, -0.15) is 0 Å². The van der Waals surface area contributed by atoms with E-state index in [1.807, 2.05) is 0 Å². The van der Waals surface area contributed by atoms with Crippen LogP contribution in [0.2, 0.25) is 0 Å². The number of esters is 3. The number of ether oxygens (including phenoxy) is 3. The Morgan fingerprint density at radius 3 is 0.683 bits per heavy atom. The average Bonchev–Trinajstić information content (AvgIpc) is 0.900. The normalized spacial score (nSPS) is 14.5. The maximum atomic E-state index is 13.1. The Morgan fingerprint density at radius 1 is 0.236 bits per heavy atom. The van der Waals surface area contributed by atoms with Gasteiger partial charge in [-0.15, -0.1) is 0 Å². The molecule has 5 unspecified atom stereocenters. The molecule has 704 valence electrons. The van der Waals surface area contributed by atoms with Crippen molar-refractivity contribution in [2.24, 2.45) is 0 Å². The summed E-state index contributed by atoms with van der Waals surface area (Å²) in [7, 11) is -9.82. The minimum Gasteiger partial charge on any atom is -0.463 e. The number of rotatable bonds is 92. The highest BCUT2D eigenvalue weighted by Crippen LogP contribution is 2.45. The summed E-state index contributed by atoms with van der Waals surface area (Å²) < 4.78 is 61.6. The number of aliphatic hydroxyl groups is 2. The predicted octanol–water partition coefficient (Wildman–Crippen LogP) is 30.8. The molecular formula is C105H178O16P2. The molecule has 0 bridgehead atoms. The van der Waals surface area contributed by atoms with Gasteiger partial charge in [-0.3, -0.25) is 32.5 Å². The van der Waals surface area contributed by atoms with E-state index in [-0.39, 0.29) is 19.3 Å². The maximum Gasteiger partial charge on any atom is 0.472 e. The summed E-state index contributed by atoms with van der Waals surface area (Å²) in [4.78, 5) is 59.1. The number of phosphoric ester groups is 2. The van der Waals surface area contributed by atoms with Crippen LogP contribution in [0, 0.1) is 0 Å². The van der Waals surface area contributed by atoms with Gasteiger partial charge in [0.05, 0.1) is 26.4 Å². The van der Waals surface area contributed by atoms with E-state index in [2.05, 4.69) is 203 Å². The van der Waals surface area contributed by atoms with Crippen molar-refractivity contribution in [3.05, 3.63) is 182 Å². The first-order valence-corrected chi connectivity index (χ1v) is 52.1. The minimum absolute atomic E-state index is 0.0809. The van der Waals surface area contributed by atoms with Crippen LogP contribution >= 0.6 is 15.6 Å². The van der Waals surface area contributed by atoms with Gasteiger partial charge >= 0.3 is 33.6 Å². The summed E-state index contributed by atoms with van der Waals surface area (Å²) in [6, 6.07) is 0. The quantitative estimate of drug-likeness (QED) is 0.0146. The Hall–Kier alpha value is -5.35. The number of carbonyl (C=O) groups excluding carboxylic acids is 3. The Balaban J connectivity index is 4.57. The van der Waals surface area contributed by atoms with Gasteiger partial charge in [-0.05, 0) is 161 Å². The standard InChI is InChI=1S/C105H178O16P2/c1-4-7-10-13-16-19-22-25-28-31-34-37-39-41-43-45-47-49-51-53-55-57-59-62-64-67-70-73-76-79-82-85-88-91-103(108)115-94-100(106)95-117-122(111,112)118-96-101(107)97-119-123(113,114)120-99-102(121-105(110)93-90-87-84-81-78-75-72-69-66-61-36-33-30-27-24-21-18-15-12-9-6-3)98-116-104(109)92-89-86-83-80-77-74-71-68-65-63-60-58-56-54-52-50-48-46-44-42-40-38-35-32-29-26-23-20-17-14-11-8-5-2/h7-8,10-11,16-21,25-30,34-38,41-44,47,49,61,69,72,100-102,106-107H,4-6,9,12-15,22-24,31-33,39-40,45-46,48,50-60,62-68,70-71,73-99H2,1-3H3,(H,111,112)(H,113,114)/b10-7-,11-8-,19-16-,20-17-,21-18-,28-25-,29-26-,30-27-,37-34-,38-35-,43-41-,44-42-,49-47-,61-36-,72-69-. The number of unbranched alkanes of at least 4 members (excludes halogenated alkanes) is 39. The lowest BCUT2D eigenvalue weighted by Crippen LogP contribution is -2.30. The van der Waals surface area contributed by atoms with Crippen molar-refractivity contribution in [3.8, 4) is 0 Å². The molecule has 16 nitrogen and oxygen atoms in total. The van der Waals surface area contributed by atoms with E-state index in [4.69, 9.17) is 32.3 Å². The zero-order chi connectivity index (χ0) is 89.3. The Kier molecular flexibility index (Phi) is 91.6. The van der Waals surface area contributed by atoms with E-state index >= 15 is 0 Å². The lowest BCUT2D eigenvalue weighted by Gasteiger charge is -2.21. The van der Waals surface area contributed by atoms with Gasteiger partial charge in [-0.1, -0.05) is 409 Å². The topological polar surface area (TPSA) is 231 Å². The molecule has 5 atom stereocenters. The number of phosphoric acid groups is 2. The average molecular weight is 1760 g/mol. The molecule has 0 fully saturated rings.